The molecule has 4 N–H and O–H groups in total. The second-order valence-electron chi connectivity index (χ2n) is 18.3. The van der Waals surface area contributed by atoms with E-state index in [4.69, 9.17) is 28.9 Å². The van der Waals surface area contributed by atoms with Gasteiger partial charge < -0.3 is 59.8 Å². The highest BCUT2D eigenvalue weighted by Gasteiger charge is 2.52. The summed E-state index contributed by atoms with van der Waals surface area (Å²) in [7, 11) is 3.30. The summed E-state index contributed by atoms with van der Waals surface area (Å²) in [5, 5.41) is 11.5. The van der Waals surface area contributed by atoms with Gasteiger partial charge in [0, 0.05) is 88.2 Å². The Balaban J connectivity index is 0.000000170. The van der Waals surface area contributed by atoms with Crippen LogP contribution in [0.25, 0.3) is 22.8 Å². The number of benzene rings is 2. The molecule has 10 rings (SSSR count). The number of nitrogens with one attached hydrogen (secondary N) is 4. The molecule has 20 heteroatoms. The van der Waals surface area contributed by atoms with Crippen LogP contribution in [0.3, 0.4) is 0 Å². The zero-order valence-electron chi connectivity index (χ0n) is 39.1. The molecule has 20 nitrogen and oxygen atoms in total. The first-order valence-electron chi connectivity index (χ1n) is 23.4. The van der Waals surface area contributed by atoms with Crippen molar-refractivity contribution < 1.29 is 38.1 Å². The summed E-state index contributed by atoms with van der Waals surface area (Å²) < 4.78 is 21.8. The Labute approximate surface area is 395 Å². The first-order valence-corrected chi connectivity index (χ1v) is 23.4. The fraction of sp³-hybridized carbons (Fsp3) is 0.500. The van der Waals surface area contributed by atoms with Gasteiger partial charge in [-0.2, -0.15) is 0 Å². The monoisotopic (exact) mass is 932 g/mol. The van der Waals surface area contributed by atoms with E-state index in [0.717, 1.165) is 48.4 Å². The molecular formula is C48H60N12O8. The fourth-order valence-corrected chi connectivity index (χ4v) is 8.87. The lowest BCUT2D eigenvalue weighted by Gasteiger charge is -2.50. The third-order valence-corrected chi connectivity index (χ3v) is 13.0. The lowest BCUT2D eigenvalue weighted by Crippen LogP contribution is -2.67. The molecule has 2 atom stereocenters. The lowest BCUT2D eigenvalue weighted by atomic mass is 9.93. The zero-order valence-corrected chi connectivity index (χ0v) is 39.1. The minimum atomic E-state index is -0.813. The molecule has 0 unspecified atom stereocenters. The molecular weight excluding hydrogens is 873 g/mol. The minimum absolute atomic E-state index is 0.00736. The Bertz CT molecular complexity index is 2320. The molecule has 68 heavy (non-hydrogen) atoms. The average molecular weight is 933 g/mol. The van der Waals surface area contributed by atoms with Crippen molar-refractivity contribution in [3.8, 4) is 22.8 Å². The highest BCUT2D eigenvalue weighted by molar-refractivity contribution is 6.09. The number of fused-ring (bicyclic) bond motifs is 6. The van der Waals surface area contributed by atoms with Crippen LogP contribution in [-0.2, 0) is 28.5 Å². The first kappa shape index (κ1) is 46.6. The van der Waals surface area contributed by atoms with Crippen molar-refractivity contribution in [2.45, 2.75) is 75.5 Å². The van der Waals surface area contributed by atoms with Gasteiger partial charge in [-0.15, -0.1) is 0 Å². The van der Waals surface area contributed by atoms with Crippen LogP contribution < -0.4 is 40.9 Å². The van der Waals surface area contributed by atoms with E-state index in [-0.39, 0.29) is 23.9 Å². The maximum Gasteiger partial charge on any atom is 0.319 e. The molecule has 4 fully saturated rings. The standard InChI is InChI=1S/2C24H30N6O4/c2*1-24-15-34-13-11-30(24)21-19(29(22(24)31)10-3-12-33-2)14-25-20(28-21)16-4-6-17(7-5-16)26-23(32)27-18-8-9-18/h2*4-7,14,18H,3,8-13,15H2,1-2H3,(H2,26,27,32)/t2*24-/m10/s1. The van der Waals surface area contributed by atoms with Gasteiger partial charge in [0.25, 0.3) is 11.8 Å². The van der Waals surface area contributed by atoms with E-state index in [2.05, 4.69) is 31.2 Å². The normalized spacial score (nSPS) is 21.6. The number of carbonyl (C=O) groups excluding carboxylic acids is 4. The molecule has 6 amide bonds. The number of carbonyl (C=O) groups is 4. The average Bonchev–Trinajstić information content (AvgIpc) is 4.30. The van der Waals surface area contributed by atoms with Gasteiger partial charge in [0.05, 0.1) is 38.8 Å². The van der Waals surface area contributed by atoms with Crippen molar-refractivity contribution in [1.29, 1.82) is 0 Å². The largest absolute Gasteiger partial charge is 0.385 e. The SMILES string of the molecule is COCCCN1C(=O)[C@@]2(C)COCCN2c2nc(-c3ccc(NC(=O)NC4CC4)cc3)ncc21.COCCCN1C(=O)[C@]2(C)COCCN2c2nc(-c3ccc(NC(=O)NC4CC4)cc3)ncc21. The van der Waals surface area contributed by atoms with Crippen LogP contribution in [0.5, 0.6) is 0 Å². The van der Waals surface area contributed by atoms with Crippen molar-refractivity contribution in [2.75, 3.05) is 110 Å². The number of nitrogens with zero attached hydrogens (tertiary/aromatic N) is 8. The molecule has 6 aliphatic rings. The molecule has 4 aromatic rings. The molecule has 2 aromatic heterocycles. The number of methoxy groups -OCH3 is 2. The van der Waals surface area contributed by atoms with Crippen LogP contribution in [-0.4, -0.2) is 147 Å². The van der Waals surface area contributed by atoms with Crippen LogP contribution >= 0.6 is 0 Å². The topological polar surface area (TPSA) is 218 Å². The Morgan fingerprint density at radius 3 is 1.41 bits per heavy atom. The second kappa shape index (κ2) is 20.0. The summed E-state index contributed by atoms with van der Waals surface area (Å²) in [6.07, 6.45) is 9.05. The highest BCUT2D eigenvalue weighted by atomic mass is 16.5. The van der Waals surface area contributed by atoms with Crippen molar-refractivity contribution in [1.82, 2.24) is 30.6 Å². The molecule has 2 aliphatic carbocycles. The quantitative estimate of drug-likeness (QED) is 0.125. The second-order valence-corrected chi connectivity index (χ2v) is 18.3. The number of anilines is 6. The molecule has 0 bridgehead atoms. The van der Waals surface area contributed by atoms with E-state index in [9.17, 15) is 19.2 Å². The van der Waals surface area contributed by atoms with Crippen molar-refractivity contribution in [2.24, 2.45) is 0 Å². The van der Waals surface area contributed by atoms with Crippen LogP contribution in [0, 0.1) is 0 Å². The van der Waals surface area contributed by atoms with Crippen molar-refractivity contribution in [3.63, 3.8) is 0 Å². The highest BCUT2D eigenvalue weighted by Crippen LogP contribution is 2.43. The predicted octanol–water partition coefficient (Wildman–Crippen LogP) is 4.81. The Kier molecular flexibility index (Phi) is 13.7. The van der Waals surface area contributed by atoms with Gasteiger partial charge in [0.15, 0.2) is 23.3 Å². The lowest BCUT2D eigenvalue weighted by molar-refractivity contribution is -0.128. The fourth-order valence-electron chi connectivity index (χ4n) is 8.87. The van der Waals surface area contributed by atoms with Gasteiger partial charge in [-0.3, -0.25) is 9.59 Å². The van der Waals surface area contributed by atoms with E-state index in [1.807, 2.05) is 72.2 Å². The number of ether oxygens (including phenoxy) is 4. The van der Waals surface area contributed by atoms with E-state index < -0.39 is 11.1 Å². The number of amides is 6. The van der Waals surface area contributed by atoms with E-state index in [1.54, 1.807) is 36.4 Å². The van der Waals surface area contributed by atoms with Crippen LogP contribution in [0.2, 0.25) is 0 Å². The van der Waals surface area contributed by atoms with Crippen LogP contribution in [0.1, 0.15) is 52.4 Å². The summed E-state index contributed by atoms with van der Waals surface area (Å²) in [6, 6.07) is 15.1. The number of urea groups is 2. The van der Waals surface area contributed by atoms with E-state index >= 15 is 0 Å². The van der Waals surface area contributed by atoms with Crippen molar-refractivity contribution in [3.05, 3.63) is 60.9 Å². The summed E-state index contributed by atoms with van der Waals surface area (Å²) in [5.41, 5.74) is 2.85. The van der Waals surface area contributed by atoms with Gasteiger partial charge in [0.2, 0.25) is 0 Å². The predicted molar refractivity (Wildman–Crippen MR) is 256 cm³/mol. The Morgan fingerprint density at radius 2 is 1.04 bits per heavy atom. The number of rotatable bonds is 14. The molecule has 0 radical (unpaired) electrons. The summed E-state index contributed by atoms with van der Waals surface area (Å²) in [4.78, 5) is 77.5. The molecule has 6 heterocycles. The summed E-state index contributed by atoms with van der Waals surface area (Å²) in [5.74, 6) is 2.58. The minimum Gasteiger partial charge on any atom is -0.385 e. The molecule has 2 saturated heterocycles. The van der Waals surface area contributed by atoms with Crippen LogP contribution in [0.15, 0.2) is 60.9 Å². The summed E-state index contributed by atoms with van der Waals surface area (Å²) >= 11 is 0. The molecule has 360 valence electrons. The van der Waals surface area contributed by atoms with Crippen LogP contribution in [0.4, 0.5) is 44.0 Å². The van der Waals surface area contributed by atoms with E-state index in [0.29, 0.717) is 125 Å². The van der Waals surface area contributed by atoms with E-state index in [1.165, 1.54) is 0 Å². The molecule has 0 spiro atoms. The van der Waals surface area contributed by atoms with Gasteiger partial charge in [-0.25, -0.2) is 29.5 Å². The molecule has 4 aliphatic heterocycles. The van der Waals surface area contributed by atoms with Gasteiger partial charge >= 0.3 is 12.1 Å². The zero-order chi connectivity index (χ0) is 47.4. The maximum absolute atomic E-state index is 13.5. The third-order valence-electron chi connectivity index (χ3n) is 13.0. The number of aromatic nitrogens is 4. The van der Waals surface area contributed by atoms with Crippen molar-refractivity contribution >= 4 is 58.3 Å². The number of hydrogen-bond acceptors (Lipinski definition) is 14. The summed E-state index contributed by atoms with van der Waals surface area (Å²) in [6.45, 7) is 8.86. The smallest absolute Gasteiger partial charge is 0.319 e. The van der Waals surface area contributed by atoms with Gasteiger partial charge in [0.1, 0.15) is 22.5 Å². The Morgan fingerprint density at radius 1 is 0.647 bits per heavy atom. The molecule has 2 aromatic carbocycles. The van der Waals surface area contributed by atoms with Gasteiger partial charge in [-0.1, -0.05) is 0 Å². The Hall–Kier alpha value is -6.48. The third kappa shape index (κ3) is 9.90. The molecule has 2 saturated carbocycles. The number of morpholine rings is 2. The maximum atomic E-state index is 13.5. The first-order chi connectivity index (χ1) is 33.0. The number of hydrogen-bond donors (Lipinski definition) is 4. The van der Waals surface area contributed by atoms with Gasteiger partial charge in [-0.05, 0) is 101 Å².